The molecule has 0 radical (unpaired) electrons. The number of phosphoric acid groups is 1. The number of phosphoric ester groups is 1. The second kappa shape index (κ2) is 10.5. The van der Waals surface area contributed by atoms with E-state index in [1.54, 1.807) is 6.08 Å². The monoisotopic (exact) mass is 397 g/mol. The van der Waals surface area contributed by atoms with E-state index in [-0.39, 0.29) is 37.9 Å². The van der Waals surface area contributed by atoms with Gasteiger partial charge in [-0.3, -0.25) is 9.32 Å². The Labute approximate surface area is 157 Å². The van der Waals surface area contributed by atoms with Gasteiger partial charge in [-0.2, -0.15) is 0 Å². The van der Waals surface area contributed by atoms with Gasteiger partial charge in [0.1, 0.15) is 0 Å². The smallest absolute Gasteiger partial charge is 0.466 e. The maximum atomic E-state index is 11.9. The molecule has 2 unspecified atom stereocenters. The Kier molecular flexibility index (Phi) is 8.35. The summed E-state index contributed by atoms with van der Waals surface area (Å²) < 4.78 is 19.9. The Hall–Kier alpha value is -1.82. The van der Waals surface area contributed by atoms with E-state index in [4.69, 9.17) is 14.5 Å². The van der Waals surface area contributed by atoms with Crippen LogP contribution in [0.1, 0.15) is 55.1 Å². The minimum absolute atomic E-state index is 0.0599. The highest BCUT2D eigenvalue weighted by molar-refractivity contribution is 7.46. The molecule has 0 saturated carbocycles. The third kappa shape index (κ3) is 7.37. The van der Waals surface area contributed by atoms with Crippen LogP contribution in [0.4, 0.5) is 0 Å². The quantitative estimate of drug-likeness (QED) is 0.183. The molecule has 148 valence electrons. The van der Waals surface area contributed by atoms with E-state index >= 15 is 0 Å². The number of carbonyl (C=O) groups excluding carboxylic acids is 2. The van der Waals surface area contributed by atoms with Crippen molar-refractivity contribution in [2.75, 3.05) is 19.8 Å². The van der Waals surface area contributed by atoms with Crippen LogP contribution < -0.4 is 0 Å². The van der Waals surface area contributed by atoms with E-state index in [2.05, 4.69) is 27.7 Å². The number of carbonyl (C=O) groups is 1. The van der Waals surface area contributed by atoms with Crippen LogP contribution in [0.25, 0.3) is 0 Å². The van der Waals surface area contributed by atoms with Crippen LogP contribution in [0.3, 0.4) is 0 Å². The molecule has 0 saturated heterocycles. The Morgan fingerprint density at radius 2 is 1.85 bits per heavy atom. The van der Waals surface area contributed by atoms with E-state index in [0.29, 0.717) is 18.9 Å². The van der Waals surface area contributed by atoms with Gasteiger partial charge in [0.05, 0.1) is 19.8 Å². The first-order valence-corrected chi connectivity index (χ1v) is 10.4. The van der Waals surface area contributed by atoms with Crippen molar-refractivity contribution in [3.05, 3.63) is 35.4 Å². The molecule has 9 heteroatoms. The van der Waals surface area contributed by atoms with E-state index in [9.17, 15) is 14.2 Å². The first-order chi connectivity index (χ1) is 12.9. The molecule has 0 aliphatic heterocycles. The Morgan fingerprint density at radius 1 is 1.15 bits per heavy atom. The topological polar surface area (TPSA) is 122 Å². The molecule has 0 spiro atoms. The lowest BCUT2D eigenvalue weighted by atomic mass is 9.84. The normalized spacial score (nSPS) is 18.1. The SMILES string of the molecule is O=C=NCCCC1c2cccc(c2)C1CCC(=O)OCCCOP(=O)(O)O. The lowest BCUT2D eigenvalue weighted by molar-refractivity contribution is -0.144. The first kappa shape index (κ1) is 21.5. The van der Waals surface area contributed by atoms with Gasteiger partial charge in [0, 0.05) is 12.8 Å². The predicted octanol–water partition coefficient (Wildman–Crippen LogP) is 2.81. The Morgan fingerprint density at radius 3 is 2.52 bits per heavy atom. The van der Waals surface area contributed by atoms with Crippen molar-refractivity contribution in [3.8, 4) is 0 Å². The molecule has 0 aromatic heterocycles. The summed E-state index contributed by atoms with van der Waals surface area (Å²) in [6.45, 7) is 0.350. The number of hydrogen-bond donors (Lipinski definition) is 2. The highest BCUT2D eigenvalue weighted by Gasteiger charge is 2.30. The van der Waals surface area contributed by atoms with Crippen LogP contribution in [-0.2, 0) is 23.4 Å². The number of esters is 1. The fourth-order valence-corrected chi connectivity index (χ4v) is 3.80. The third-order valence-corrected chi connectivity index (χ3v) is 5.09. The van der Waals surface area contributed by atoms with E-state index in [0.717, 1.165) is 12.8 Å². The van der Waals surface area contributed by atoms with E-state index in [1.165, 1.54) is 11.1 Å². The van der Waals surface area contributed by atoms with Crippen molar-refractivity contribution >= 4 is 19.9 Å². The lowest BCUT2D eigenvalue weighted by Gasteiger charge is -2.20. The second-order valence-corrected chi connectivity index (χ2v) is 7.67. The van der Waals surface area contributed by atoms with Gasteiger partial charge in [-0.15, -0.1) is 0 Å². The summed E-state index contributed by atoms with van der Waals surface area (Å²) in [6.07, 6.45) is 4.38. The number of hydrogen-bond acceptors (Lipinski definition) is 6. The fourth-order valence-electron chi connectivity index (χ4n) is 3.43. The van der Waals surface area contributed by atoms with Gasteiger partial charge >= 0.3 is 13.8 Å². The zero-order valence-corrected chi connectivity index (χ0v) is 15.8. The summed E-state index contributed by atoms with van der Waals surface area (Å²) in [5.74, 6) is 0.206. The summed E-state index contributed by atoms with van der Waals surface area (Å²) >= 11 is 0. The van der Waals surface area contributed by atoms with Gasteiger partial charge in [-0.1, -0.05) is 24.3 Å². The summed E-state index contributed by atoms with van der Waals surface area (Å²) in [5, 5.41) is 0. The molecule has 1 aliphatic carbocycles. The van der Waals surface area contributed by atoms with Crippen LogP contribution in [0.2, 0.25) is 0 Å². The third-order valence-electron chi connectivity index (χ3n) is 4.57. The average molecular weight is 397 g/mol. The molecule has 1 aromatic rings. The van der Waals surface area contributed by atoms with E-state index < -0.39 is 7.82 Å². The molecule has 0 fully saturated rings. The molecule has 2 atom stereocenters. The molecular formula is C18H24NO7P. The molecule has 0 amide bonds. The van der Waals surface area contributed by atoms with Crippen LogP contribution in [0, 0.1) is 0 Å². The van der Waals surface area contributed by atoms with Crippen molar-refractivity contribution in [3.63, 3.8) is 0 Å². The van der Waals surface area contributed by atoms with Gasteiger partial charge in [-0.05, 0) is 42.2 Å². The number of aliphatic imine (C=N–C) groups is 1. The number of fused-ring (bicyclic) bond motifs is 2. The first-order valence-electron chi connectivity index (χ1n) is 8.90. The van der Waals surface area contributed by atoms with E-state index in [1.807, 2.05) is 6.07 Å². The fraction of sp³-hybridized carbons (Fsp3) is 0.556. The molecule has 2 N–H and O–H groups in total. The van der Waals surface area contributed by atoms with Crippen molar-refractivity contribution in [1.82, 2.24) is 0 Å². The summed E-state index contributed by atoms with van der Waals surface area (Å²) in [6, 6.07) is 8.31. The van der Waals surface area contributed by atoms with Gasteiger partial charge < -0.3 is 14.5 Å². The van der Waals surface area contributed by atoms with Crippen LogP contribution in [-0.4, -0.2) is 41.6 Å². The van der Waals surface area contributed by atoms with Gasteiger partial charge in [0.25, 0.3) is 0 Å². The summed E-state index contributed by atoms with van der Waals surface area (Å²) in [5.41, 5.74) is 2.45. The molecular weight excluding hydrogens is 373 g/mol. The van der Waals surface area contributed by atoms with Crippen molar-refractivity contribution in [2.24, 2.45) is 4.99 Å². The minimum atomic E-state index is -4.47. The lowest BCUT2D eigenvalue weighted by Crippen LogP contribution is -2.12. The minimum Gasteiger partial charge on any atom is -0.466 e. The molecule has 1 aromatic carbocycles. The molecule has 8 nitrogen and oxygen atoms in total. The molecule has 0 heterocycles. The Balaban J connectivity index is 1.74. The highest BCUT2D eigenvalue weighted by Crippen LogP contribution is 2.45. The molecule has 27 heavy (non-hydrogen) atoms. The van der Waals surface area contributed by atoms with Crippen LogP contribution in [0.15, 0.2) is 29.3 Å². The maximum Gasteiger partial charge on any atom is 0.469 e. The van der Waals surface area contributed by atoms with Crippen molar-refractivity contribution in [2.45, 2.75) is 43.9 Å². The zero-order valence-electron chi connectivity index (χ0n) is 15.0. The van der Waals surface area contributed by atoms with Crippen LogP contribution in [0.5, 0.6) is 0 Å². The van der Waals surface area contributed by atoms with Gasteiger partial charge in [0.2, 0.25) is 6.08 Å². The summed E-state index contributed by atoms with van der Waals surface area (Å²) in [7, 11) is -4.47. The predicted molar refractivity (Wildman–Crippen MR) is 97.0 cm³/mol. The molecule has 2 bridgehead atoms. The number of benzene rings is 1. The zero-order chi connectivity index (χ0) is 19.7. The maximum absolute atomic E-state index is 11.9. The van der Waals surface area contributed by atoms with Crippen LogP contribution >= 0.6 is 7.82 Å². The van der Waals surface area contributed by atoms with Crippen molar-refractivity contribution in [1.29, 1.82) is 0 Å². The molecule has 2 rings (SSSR count). The average Bonchev–Trinajstić information content (AvgIpc) is 2.85. The van der Waals surface area contributed by atoms with Gasteiger partial charge in [0.15, 0.2) is 0 Å². The number of nitrogens with zero attached hydrogens (tertiary/aromatic N) is 1. The largest absolute Gasteiger partial charge is 0.469 e. The van der Waals surface area contributed by atoms with Crippen molar-refractivity contribution < 1.29 is 33.2 Å². The highest BCUT2D eigenvalue weighted by atomic mass is 31.2. The summed E-state index contributed by atoms with van der Waals surface area (Å²) in [4.78, 5) is 42.8. The standard InChI is InChI=1S/C18H24NO7P/c20-13-19-9-2-6-16-14-4-1-5-15(12-14)17(16)7-8-18(21)25-10-3-11-26-27(22,23)24/h1,4-5,12,16-17H,2-3,6-11H2,(H2,22,23,24). The number of rotatable bonds is 12. The second-order valence-electron chi connectivity index (χ2n) is 6.43. The Bertz CT molecular complexity index is 726. The molecule has 1 aliphatic rings. The number of isocyanates is 1. The number of ether oxygens (including phenoxy) is 1. The van der Waals surface area contributed by atoms with Gasteiger partial charge in [-0.25, -0.2) is 14.4 Å².